The number of halogens is 1. The standard InChI is InChI=1S/C11H10ClNO/c1-7-5-9(3-4-10(7)12)11(14)8(2)6-13/h3-5,8H,1-2H3. The van der Waals surface area contributed by atoms with E-state index < -0.39 is 5.92 Å². The highest BCUT2D eigenvalue weighted by Crippen LogP contribution is 2.18. The van der Waals surface area contributed by atoms with Gasteiger partial charge in [-0.1, -0.05) is 11.6 Å². The van der Waals surface area contributed by atoms with Crippen LogP contribution in [0.25, 0.3) is 0 Å². The first kappa shape index (κ1) is 10.7. The number of carbonyl (C=O) groups excluding carboxylic acids is 1. The van der Waals surface area contributed by atoms with Crippen LogP contribution < -0.4 is 0 Å². The number of Topliss-reactive ketones (excluding diaryl/α,β-unsaturated/α-hetero) is 1. The Kier molecular flexibility index (Phi) is 3.27. The zero-order chi connectivity index (χ0) is 10.7. The largest absolute Gasteiger partial charge is 0.293 e. The van der Waals surface area contributed by atoms with Gasteiger partial charge in [0.15, 0.2) is 5.78 Å². The molecule has 0 amide bonds. The molecule has 0 saturated carbocycles. The number of aryl methyl sites for hydroxylation is 1. The van der Waals surface area contributed by atoms with Gasteiger partial charge in [-0.3, -0.25) is 4.79 Å². The Morgan fingerprint density at radius 2 is 2.21 bits per heavy atom. The van der Waals surface area contributed by atoms with Crippen molar-refractivity contribution in [3.63, 3.8) is 0 Å². The number of hydrogen-bond donors (Lipinski definition) is 0. The van der Waals surface area contributed by atoms with Crippen LogP contribution in [0.3, 0.4) is 0 Å². The summed E-state index contributed by atoms with van der Waals surface area (Å²) in [4.78, 5) is 11.6. The number of hydrogen-bond acceptors (Lipinski definition) is 2. The van der Waals surface area contributed by atoms with Crippen molar-refractivity contribution in [2.45, 2.75) is 13.8 Å². The topological polar surface area (TPSA) is 40.9 Å². The first-order valence-corrected chi connectivity index (χ1v) is 4.64. The van der Waals surface area contributed by atoms with E-state index in [-0.39, 0.29) is 5.78 Å². The second-order valence-electron chi connectivity index (χ2n) is 3.18. The van der Waals surface area contributed by atoms with Gasteiger partial charge in [-0.05, 0) is 37.6 Å². The maximum atomic E-state index is 11.6. The first-order valence-electron chi connectivity index (χ1n) is 4.26. The Hall–Kier alpha value is -1.33. The molecule has 0 heterocycles. The Balaban J connectivity index is 3.04. The Morgan fingerprint density at radius 3 is 2.71 bits per heavy atom. The van der Waals surface area contributed by atoms with E-state index in [1.165, 1.54) is 0 Å². The molecule has 1 unspecified atom stereocenters. The molecule has 14 heavy (non-hydrogen) atoms. The smallest absolute Gasteiger partial charge is 0.179 e. The number of nitriles is 1. The van der Waals surface area contributed by atoms with E-state index in [4.69, 9.17) is 16.9 Å². The highest BCUT2D eigenvalue weighted by molar-refractivity contribution is 6.31. The van der Waals surface area contributed by atoms with Crippen LogP contribution in [0, 0.1) is 24.2 Å². The summed E-state index contributed by atoms with van der Waals surface area (Å²) in [5.74, 6) is -0.761. The highest BCUT2D eigenvalue weighted by Gasteiger charge is 2.14. The van der Waals surface area contributed by atoms with Gasteiger partial charge in [-0.2, -0.15) is 5.26 Å². The molecule has 3 heteroatoms. The molecule has 1 aromatic rings. The van der Waals surface area contributed by atoms with Crippen molar-refractivity contribution >= 4 is 17.4 Å². The summed E-state index contributed by atoms with van der Waals surface area (Å²) < 4.78 is 0. The van der Waals surface area contributed by atoms with Gasteiger partial charge in [0.25, 0.3) is 0 Å². The van der Waals surface area contributed by atoms with Crippen LogP contribution in [0.2, 0.25) is 5.02 Å². The van der Waals surface area contributed by atoms with E-state index in [0.29, 0.717) is 10.6 Å². The summed E-state index contributed by atoms with van der Waals surface area (Å²) >= 11 is 5.82. The molecule has 1 atom stereocenters. The van der Waals surface area contributed by atoms with Crippen molar-refractivity contribution in [3.05, 3.63) is 34.3 Å². The molecule has 1 aromatic carbocycles. The van der Waals surface area contributed by atoms with Crippen molar-refractivity contribution in [3.8, 4) is 6.07 Å². The number of carbonyl (C=O) groups is 1. The summed E-state index contributed by atoms with van der Waals surface area (Å²) in [7, 11) is 0. The molecule has 0 aromatic heterocycles. The quantitative estimate of drug-likeness (QED) is 0.700. The normalized spacial score (nSPS) is 11.9. The lowest BCUT2D eigenvalue weighted by Gasteiger charge is -2.04. The molecule has 0 radical (unpaired) electrons. The van der Waals surface area contributed by atoms with Crippen molar-refractivity contribution in [1.82, 2.24) is 0 Å². The minimum absolute atomic E-state index is 0.160. The molecule has 72 valence electrons. The van der Waals surface area contributed by atoms with Crippen LogP contribution in [-0.4, -0.2) is 5.78 Å². The predicted octanol–water partition coefficient (Wildman–Crippen LogP) is 2.99. The van der Waals surface area contributed by atoms with Crippen LogP contribution >= 0.6 is 11.6 Å². The minimum Gasteiger partial charge on any atom is -0.293 e. The third kappa shape index (κ3) is 2.12. The van der Waals surface area contributed by atoms with Crippen LogP contribution in [0.15, 0.2) is 18.2 Å². The lowest BCUT2D eigenvalue weighted by atomic mass is 9.99. The fraction of sp³-hybridized carbons (Fsp3) is 0.273. The van der Waals surface area contributed by atoms with Crippen molar-refractivity contribution in [1.29, 1.82) is 5.26 Å². The maximum absolute atomic E-state index is 11.6. The maximum Gasteiger partial charge on any atom is 0.179 e. The molecule has 0 saturated heterocycles. The van der Waals surface area contributed by atoms with Gasteiger partial charge in [0.05, 0.1) is 6.07 Å². The summed E-state index contributed by atoms with van der Waals surface area (Å²) in [6.07, 6.45) is 0. The summed E-state index contributed by atoms with van der Waals surface area (Å²) in [5.41, 5.74) is 1.39. The first-order chi connectivity index (χ1) is 6.56. The third-order valence-electron chi connectivity index (χ3n) is 2.03. The van der Waals surface area contributed by atoms with Gasteiger partial charge in [-0.25, -0.2) is 0 Å². The van der Waals surface area contributed by atoms with E-state index in [1.807, 2.05) is 13.0 Å². The predicted molar refractivity (Wildman–Crippen MR) is 55.3 cm³/mol. The molecule has 0 spiro atoms. The van der Waals surface area contributed by atoms with Gasteiger partial charge in [0.2, 0.25) is 0 Å². The van der Waals surface area contributed by atoms with Crippen LogP contribution in [0.1, 0.15) is 22.8 Å². The molecule has 0 N–H and O–H groups in total. The second-order valence-corrected chi connectivity index (χ2v) is 3.59. The molecule has 0 fully saturated rings. The van der Waals surface area contributed by atoms with E-state index >= 15 is 0 Å². The highest BCUT2D eigenvalue weighted by atomic mass is 35.5. The molecule has 0 aliphatic heterocycles. The van der Waals surface area contributed by atoms with E-state index in [2.05, 4.69) is 0 Å². The lowest BCUT2D eigenvalue weighted by molar-refractivity contribution is 0.0956. The summed E-state index contributed by atoms with van der Waals surface area (Å²) in [6.45, 7) is 3.42. The Morgan fingerprint density at radius 1 is 1.57 bits per heavy atom. The lowest BCUT2D eigenvalue weighted by Crippen LogP contribution is -2.09. The van der Waals surface area contributed by atoms with Gasteiger partial charge >= 0.3 is 0 Å². The molecular weight excluding hydrogens is 198 g/mol. The second kappa shape index (κ2) is 4.26. The monoisotopic (exact) mass is 207 g/mol. The fourth-order valence-corrected chi connectivity index (χ4v) is 1.22. The fourth-order valence-electron chi connectivity index (χ4n) is 1.11. The van der Waals surface area contributed by atoms with Gasteiger partial charge < -0.3 is 0 Å². The molecule has 0 aliphatic rings. The SMILES string of the molecule is Cc1cc(C(=O)C(C)C#N)ccc1Cl. The third-order valence-corrected chi connectivity index (χ3v) is 2.45. The number of ketones is 1. The zero-order valence-electron chi connectivity index (χ0n) is 8.04. The number of benzene rings is 1. The summed E-state index contributed by atoms with van der Waals surface area (Å²) in [5, 5.41) is 9.22. The number of rotatable bonds is 2. The van der Waals surface area contributed by atoms with E-state index in [9.17, 15) is 4.79 Å². The van der Waals surface area contributed by atoms with E-state index in [1.54, 1.807) is 25.1 Å². The number of nitrogens with zero attached hydrogens (tertiary/aromatic N) is 1. The molecule has 0 aliphatic carbocycles. The van der Waals surface area contributed by atoms with Crippen LogP contribution in [0.5, 0.6) is 0 Å². The molecule has 0 bridgehead atoms. The average molecular weight is 208 g/mol. The average Bonchev–Trinajstić information content (AvgIpc) is 2.20. The zero-order valence-corrected chi connectivity index (χ0v) is 8.80. The Labute approximate surface area is 88.1 Å². The van der Waals surface area contributed by atoms with Crippen molar-refractivity contribution in [2.24, 2.45) is 5.92 Å². The Bertz CT molecular complexity index is 406. The minimum atomic E-state index is -0.601. The summed E-state index contributed by atoms with van der Waals surface area (Å²) in [6, 6.07) is 6.94. The molecular formula is C11H10ClNO. The van der Waals surface area contributed by atoms with Crippen LogP contribution in [-0.2, 0) is 0 Å². The van der Waals surface area contributed by atoms with Crippen LogP contribution in [0.4, 0.5) is 0 Å². The van der Waals surface area contributed by atoms with Gasteiger partial charge in [0.1, 0.15) is 5.92 Å². The molecule has 1 rings (SSSR count). The van der Waals surface area contributed by atoms with E-state index in [0.717, 1.165) is 5.56 Å². The van der Waals surface area contributed by atoms with Crippen molar-refractivity contribution < 1.29 is 4.79 Å². The van der Waals surface area contributed by atoms with Crippen molar-refractivity contribution in [2.75, 3.05) is 0 Å². The van der Waals surface area contributed by atoms with Gasteiger partial charge in [0, 0.05) is 10.6 Å². The molecule has 2 nitrogen and oxygen atoms in total. The van der Waals surface area contributed by atoms with Gasteiger partial charge in [-0.15, -0.1) is 0 Å².